The number of nitrogens with one attached hydrogen (secondary N) is 1. The molecule has 0 bridgehead atoms. The van der Waals surface area contributed by atoms with Gasteiger partial charge in [-0.3, -0.25) is 4.99 Å². The molecule has 0 heterocycles. The highest BCUT2D eigenvalue weighted by Crippen LogP contribution is 2.26. The lowest BCUT2D eigenvalue weighted by molar-refractivity contribution is 0.373. The number of nitrogens with two attached hydrogens (primary N) is 1. The third-order valence-corrected chi connectivity index (χ3v) is 3.25. The van der Waals surface area contributed by atoms with E-state index in [1.165, 1.54) is 12.7 Å². The summed E-state index contributed by atoms with van der Waals surface area (Å²) in [6, 6.07) is 13.2. The van der Waals surface area contributed by atoms with Crippen LogP contribution < -0.4 is 15.8 Å². The molecule has 2 rings (SSSR count). The molecule has 5 nitrogen and oxygen atoms in total. The highest BCUT2D eigenvalue weighted by molar-refractivity contribution is 14.0. The van der Waals surface area contributed by atoms with Gasteiger partial charge in [-0.25, -0.2) is 0 Å². The van der Waals surface area contributed by atoms with Gasteiger partial charge in [-0.1, -0.05) is 23.8 Å². The van der Waals surface area contributed by atoms with E-state index in [4.69, 9.17) is 10.5 Å². The predicted molar refractivity (Wildman–Crippen MR) is 105 cm³/mol. The van der Waals surface area contributed by atoms with Crippen molar-refractivity contribution in [1.29, 1.82) is 0 Å². The van der Waals surface area contributed by atoms with E-state index < -0.39 is 0 Å². The fourth-order valence-electron chi connectivity index (χ4n) is 2.01. The van der Waals surface area contributed by atoms with Gasteiger partial charge in [0.05, 0.1) is 7.11 Å². The lowest BCUT2D eigenvalue weighted by atomic mass is 10.1. The molecule has 124 valence electrons. The summed E-state index contributed by atoms with van der Waals surface area (Å²) in [4.78, 5) is 4.30. The molecule has 0 aliphatic heterocycles. The number of rotatable bonds is 5. The van der Waals surface area contributed by atoms with Gasteiger partial charge in [0.1, 0.15) is 0 Å². The van der Waals surface area contributed by atoms with Crippen LogP contribution in [0.2, 0.25) is 0 Å². The van der Waals surface area contributed by atoms with Crippen LogP contribution in [0.5, 0.6) is 11.5 Å². The molecule has 2 aromatic carbocycles. The van der Waals surface area contributed by atoms with E-state index >= 15 is 0 Å². The van der Waals surface area contributed by atoms with Gasteiger partial charge in [0.15, 0.2) is 17.5 Å². The van der Waals surface area contributed by atoms with E-state index in [2.05, 4.69) is 10.3 Å². The average molecular weight is 427 g/mol. The topological polar surface area (TPSA) is 79.9 Å². The summed E-state index contributed by atoms with van der Waals surface area (Å²) in [5.41, 5.74) is 9.00. The molecular formula is C17H22IN3O2. The monoisotopic (exact) mass is 427 g/mol. The summed E-state index contributed by atoms with van der Waals surface area (Å²) in [5, 5.41) is 12.6. The Morgan fingerprint density at radius 3 is 2.57 bits per heavy atom. The van der Waals surface area contributed by atoms with Crippen LogP contribution in [0.1, 0.15) is 11.1 Å². The molecule has 0 unspecified atom stereocenters. The smallest absolute Gasteiger partial charge is 0.193 e. The summed E-state index contributed by atoms with van der Waals surface area (Å²) in [6.45, 7) is 2.59. The van der Waals surface area contributed by atoms with Crippen molar-refractivity contribution in [2.45, 2.75) is 13.3 Å². The van der Waals surface area contributed by atoms with E-state index in [1.807, 2.05) is 37.3 Å². The minimum atomic E-state index is 0. The lowest BCUT2D eigenvalue weighted by Gasteiger charge is -2.07. The van der Waals surface area contributed by atoms with Gasteiger partial charge in [0, 0.05) is 12.2 Å². The largest absolute Gasteiger partial charge is 0.504 e. The van der Waals surface area contributed by atoms with E-state index in [0.717, 1.165) is 11.3 Å². The van der Waals surface area contributed by atoms with Crippen LogP contribution in [0.25, 0.3) is 0 Å². The Labute approximate surface area is 153 Å². The molecule has 0 aliphatic rings. The predicted octanol–water partition coefficient (Wildman–Crippen LogP) is 3.30. The fourth-order valence-corrected chi connectivity index (χ4v) is 2.01. The first kappa shape index (κ1) is 19.1. The second kappa shape index (κ2) is 9.24. The van der Waals surface area contributed by atoms with Crippen LogP contribution >= 0.6 is 24.0 Å². The number of anilines is 1. The third kappa shape index (κ3) is 5.97. The van der Waals surface area contributed by atoms with Gasteiger partial charge in [-0.2, -0.15) is 0 Å². The number of phenolic OH excluding ortho intramolecular Hbond substituents is 1. The Morgan fingerprint density at radius 2 is 1.91 bits per heavy atom. The van der Waals surface area contributed by atoms with Crippen LogP contribution in [0.4, 0.5) is 5.69 Å². The van der Waals surface area contributed by atoms with E-state index in [9.17, 15) is 5.11 Å². The highest BCUT2D eigenvalue weighted by Gasteiger charge is 2.02. The van der Waals surface area contributed by atoms with Gasteiger partial charge < -0.3 is 20.9 Å². The number of nitrogens with zero attached hydrogens (tertiary/aromatic N) is 1. The summed E-state index contributed by atoms with van der Waals surface area (Å²) >= 11 is 0. The maximum atomic E-state index is 9.55. The average Bonchev–Trinajstić information content (AvgIpc) is 2.51. The minimum absolute atomic E-state index is 0. The number of aromatic hydroxyl groups is 1. The number of aryl methyl sites for hydroxylation is 1. The van der Waals surface area contributed by atoms with Crippen molar-refractivity contribution in [3.05, 3.63) is 53.6 Å². The number of guanidine groups is 1. The molecule has 4 N–H and O–H groups in total. The Morgan fingerprint density at radius 1 is 1.22 bits per heavy atom. The van der Waals surface area contributed by atoms with Crippen LogP contribution in [0, 0.1) is 6.92 Å². The Balaban J connectivity index is 0.00000264. The van der Waals surface area contributed by atoms with Crippen LogP contribution in [0.15, 0.2) is 47.5 Å². The number of phenols is 1. The van der Waals surface area contributed by atoms with Crippen molar-refractivity contribution in [1.82, 2.24) is 0 Å². The summed E-state index contributed by atoms with van der Waals surface area (Å²) in [5.74, 6) is 0.983. The zero-order chi connectivity index (χ0) is 15.9. The fraction of sp³-hybridized carbons (Fsp3) is 0.235. The van der Waals surface area contributed by atoms with Gasteiger partial charge in [-0.15, -0.1) is 24.0 Å². The van der Waals surface area contributed by atoms with E-state index in [0.29, 0.717) is 24.7 Å². The van der Waals surface area contributed by atoms with Crippen LogP contribution in [-0.4, -0.2) is 24.7 Å². The number of methoxy groups -OCH3 is 1. The molecule has 0 atom stereocenters. The maximum Gasteiger partial charge on any atom is 0.193 e. The van der Waals surface area contributed by atoms with Crippen molar-refractivity contribution in [3.63, 3.8) is 0 Å². The molecule has 0 radical (unpaired) electrons. The zero-order valence-corrected chi connectivity index (χ0v) is 15.6. The number of benzene rings is 2. The van der Waals surface area contributed by atoms with E-state index in [1.54, 1.807) is 12.1 Å². The molecule has 0 spiro atoms. The summed E-state index contributed by atoms with van der Waals surface area (Å²) < 4.78 is 5.08. The van der Waals surface area contributed by atoms with Crippen molar-refractivity contribution in [2.24, 2.45) is 10.7 Å². The molecule has 0 amide bonds. The number of halogens is 1. The molecule has 2 aromatic rings. The standard InChI is InChI=1S/C17H21N3O2.HI/c1-12-3-6-14(7-4-12)20-17(18)19-10-9-13-5-8-15(21)16(11-13)22-2;/h3-8,11,21H,9-10H2,1-2H3,(H3,18,19,20);1H. The molecule has 0 saturated heterocycles. The first-order valence-electron chi connectivity index (χ1n) is 7.08. The van der Waals surface area contributed by atoms with Gasteiger partial charge in [0.25, 0.3) is 0 Å². The maximum absolute atomic E-state index is 9.55. The van der Waals surface area contributed by atoms with Crippen molar-refractivity contribution < 1.29 is 9.84 Å². The number of aliphatic imine (C=N–C) groups is 1. The van der Waals surface area contributed by atoms with Crippen molar-refractivity contribution >= 4 is 35.6 Å². The molecule has 0 aliphatic carbocycles. The molecular weight excluding hydrogens is 405 g/mol. The molecule has 0 saturated carbocycles. The van der Waals surface area contributed by atoms with Gasteiger partial charge in [-0.05, 0) is 43.2 Å². The highest BCUT2D eigenvalue weighted by atomic mass is 127. The number of hydrogen-bond acceptors (Lipinski definition) is 3. The van der Waals surface area contributed by atoms with Crippen LogP contribution in [0.3, 0.4) is 0 Å². The van der Waals surface area contributed by atoms with Crippen molar-refractivity contribution in [2.75, 3.05) is 19.0 Å². The minimum Gasteiger partial charge on any atom is -0.504 e. The number of hydrogen-bond donors (Lipinski definition) is 3. The first-order valence-corrected chi connectivity index (χ1v) is 7.08. The van der Waals surface area contributed by atoms with E-state index in [-0.39, 0.29) is 29.7 Å². The summed E-state index contributed by atoms with van der Waals surface area (Å²) in [6.07, 6.45) is 0.715. The Kier molecular flexibility index (Phi) is 7.67. The Hall–Kier alpha value is -1.96. The third-order valence-electron chi connectivity index (χ3n) is 3.25. The summed E-state index contributed by atoms with van der Waals surface area (Å²) in [7, 11) is 1.53. The Bertz CT molecular complexity index is 657. The number of ether oxygens (including phenoxy) is 1. The molecule has 23 heavy (non-hydrogen) atoms. The second-order valence-electron chi connectivity index (χ2n) is 5.01. The van der Waals surface area contributed by atoms with Gasteiger partial charge >= 0.3 is 0 Å². The van der Waals surface area contributed by atoms with Crippen LogP contribution in [-0.2, 0) is 6.42 Å². The molecule has 6 heteroatoms. The van der Waals surface area contributed by atoms with Crippen molar-refractivity contribution in [3.8, 4) is 11.5 Å². The van der Waals surface area contributed by atoms with Gasteiger partial charge in [0.2, 0.25) is 0 Å². The zero-order valence-electron chi connectivity index (χ0n) is 13.2. The second-order valence-corrected chi connectivity index (χ2v) is 5.01. The molecule has 0 fully saturated rings. The molecule has 0 aromatic heterocycles. The normalized spacial score (nSPS) is 10.8. The SMILES string of the molecule is COc1cc(CCN=C(N)Nc2ccc(C)cc2)ccc1O.I. The quantitative estimate of drug-likeness (QED) is 0.389. The lowest BCUT2D eigenvalue weighted by Crippen LogP contribution is -2.23. The first-order chi connectivity index (χ1) is 10.6.